The normalized spacial score (nSPS) is 13.1. The van der Waals surface area contributed by atoms with Crippen molar-refractivity contribution in [2.24, 2.45) is 0 Å². The Morgan fingerprint density at radius 3 is 2.41 bits per heavy atom. The van der Waals surface area contributed by atoms with Gasteiger partial charge in [-0.15, -0.1) is 11.3 Å². The second-order valence-corrected chi connectivity index (χ2v) is 9.24. The van der Waals surface area contributed by atoms with Gasteiger partial charge in [0.2, 0.25) is 10.0 Å². The molecule has 1 unspecified atom stereocenters. The van der Waals surface area contributed by atoms with Crippen molar-refractivity contribution in [3.05, 3.63) is 52.2 Å². The van der Waals surface area contributed by atoms with Gasteiger partial charge in [0.15, 0.2) is 0 Å². The molecule has 1 amide bonds. The van der Waals surface area contributed by atoms with Gasteiger partial charge < -0.3 is 10.2 Å². The van der Waals surface area contributed by atoms with Crippen LogP contribution in [-0.4, -0.2) is 57.3 Å². The number of sulfonamides is 1. The molecule has 0 fully saturated rings. The summed E-state index contributed by atoms with van der Waals surface area (Å²) >= 11 is 1.64. The first-order valence-corrected chi connectivity index (χ1v) is 11.2. The zero-order valence-electron chi connectivity index (χ0n) is 16.2. The summed E-state index contributed by atoms with van der Waals surface area (Å²) in [6.45, 7) is 4.81. The summed E-state index contributed by atoms with van der Waals surface area (Å²) in [5.74, 6) is -0.282. The van der Waals surface area contributed by atoms with Gasteiger partial charge in [0.25, 0.3) is 5.91 Å². The van der Waals surface area contributed by atoms with Gasteiger partial charge in [-0.25, -0.2) is 8.42 Å². The maximum Gasteiger partial charge on any atom is 0.251 e. The van der Waals surface area contributed by atoms with E-state index in [4.69, 9.17) is 0 Å². The minimum absolute atomic E-state index is 0.0662. The molecule has 1 aromatic heterocycles. The zero-order valence-corrected chi connectivity index (χ0v) is 17.8. The van der Waals surface area contributed by atoms with E-state index in [0.717, 1.165) is 4.88 Å². The highest BCUT2D eigenvalue weighted by Gasteiger charge is 2.23. The highest BCUT2D eigenvalue weighted by atomic mass is 32.2. The Morgan fingerprint density at radius 1 is 1.15 bits per heavy atom. The molecular formula is C19H27N3O3S2. The Balaban J connectivity index is 2.15. The average Bonchev–Trinajstić information content (AvgIpc) is 3.16. The molecule has 0 aliphatic carbocycles. The molecule has 0 saturated carbocycles. The summed E-state index contributed by atoms with van der Waals surface area (Å²) in [5, 5.41) is 4.93. The molecule has 1 aromatic carbocycles. The molecule has 8 heteroatoms. The maximum atomic E-state index is 12.7. The lowest BCUT2D eigenvalue weighted by atomic mass is 10.2. The van der Waals surface area contributed by atoms with Crippen molar-refractivity contribution in [2.45, 2.75) is 24.8 Å². The van der Waals surface area contributed by atoms with Crippen LogP contribution in [0.1, 0.15) is 35.1 Å². The number of rotatable bonds is 9. The monoisotopic (exact) mass is 409 g/mol. The molecule has 0 saturated heterocycles. The molecule has 27 heavy (non-hydrogen) atoms. The van der Waals surface area contributed by atoms with Gasteiger partial charge in [-0.1, -0.05) is 26.0 Å². The zero-order chi connectivity index (χ0) is 20.0. The molecule has 6 nitrogen and oxygen atoms in total. The summed E-state index contributed by atoms with van der Waals surface area (Å²) in [7, 11) is 0.342. The van der Waals surface area contributed by atoms with Crippen molar-refractivity contribution >= 4 is 27.3 Å². The van der Waals surface area contributed by atoms with E-state index in [2.05, 4.69) is 5.32 Å². The maximum absolute atomic E-state index is 12.7. The molecule has 0 radical (unpaired) electrons. The van der Waals surface area contributed by atoms with Crippen LogP contribution in [0.3, 0.4) is 0 Å². The van der Waals surface area contributed by atoms with Crippen molar-refractivity contribution in [2.75, 3.05) is 33.7 Å². The van der Waals surface area contributed by atoms with Crippen LogP contribution in [0.25, 0.3) is 0 Å². The van der Waals surface area contributed by atoms with Gasteiger partial charge in [-0.3, -0.25) is 4.79 Å². The van der Waals surface area contributed by atoms with Gasteiger partial charge in [-0.2, -0.15) is 4.31 Å². The Bertz CT molecular complexity index is 845. The summed E-state index contributed by atoms with van der Waals surface area (Å²) in [4.78, 5) is 15.9. The van der Waals surface area contributed by atoms with Crippen LogP contribution in [-0.2, 0) is 10.0 Å². The Labute approximate surface area is 165 Å². The Kier molecular flexibility index (Phi) is 7.55. The topological polar surface area (TPSA) is 69.7 Å². The van der Waals surface area contributed by atoms with E-state index in [1.807, 2.05) is 36.5 Å². The van der Waals surface area contributed by atoms with Gasteiger partial charge in [0.05, 0.1) is 10.9 Å². The summed E-state index contributed by atoms with van der Waals surface area (Å²) in [5.41, 5.74) is 0.340. The Hall–Kier alpha value is -1.74. The minimum atomic E-state index is -3.59. The van der Waals surface area contributed by atoms with E-state index in [1.165, 1.54) is 16.4 Å². The molecule has 0 aliphatic rings. The van der Waals surface area contributed by atoms with E-state index in [9.17, 15) is 13.2 Å². The molecule has 2 rings (SSSR count). The predicted molar refractivity (Wildman–Crippen MR) is 110 cm³/mol. The third-order valence-corrected chi connectivity index (χ3v) is 7.41. The van der Waals surface area contributed by atoms with Gasteiger partial charge in [0.1, 0.15) is 0 Å². The van der Waals surface area contributed by atoms with Crippen LogP contribution >= 0.6 is 11.3 Å². The second-order valence-electron chi connectivity index (χ2n) is 6.32. The average molecular weight is 410 g/mol. The van der Waals surface area contributed by atoms with Crippen LogP contribution in [0.2, 0.25) is 0 Å². The number of hydrogen-bond acceptors (Lipinski definition) is 5. The summed E-state index contributed by atoms with van der Waals surface area (Å²) in [6, 6.07) is 10.3. The van der Waals surface area contributed by atoms with Crippen LogP contribution in [0.4, 0.5) is 0 Å². The number of thiophene rings is 1. The van der Waals surface area contributed by atoms with E-state index in [1.54, 1.807) is 37.3 Å². The van der Waals surface area contributed by atoms with Crippen LogP contribution in [0.5, 0.6) is 0 Å². The van der Waals surface area contributed by atoms with Gasteiger partial charge in [-0.05, 0) is 43.7 Å². The van der Waals surface area contributed by atoms with E-state index in [-0.39, 0.29) is 16.8 Å². The van der Waals surface area contributed by atoms with E-state index < -0.39 is 10.0 Å². The molecule has 0 bridgehead atoms. The standard InChI is InChI=1S/C19H27N3O3S2/c1-5-22(6-2)27(24,25)16-10-7-9-15(13-16)19(23)20-14-17(21(3)4)18-11-8-12-26-18/h7-13,17H,5-6,14H2,1-4H3,(H,20,23). The molecule has 0 spiro atoms. The van der Waals surface area contributed by atoms with E-state index >= 15 is 0 Å². The van der Waals surface area contributed by atoms with Crippen molar-refractivity contribution in [3.63, 3.8) is 0 Å². The van der Waals surface area contributed by atoms with Crippen LogP contribution in [0, 0.1) is 0 Å². The van der Waals surface area contributed by atoms with Crippen molar-refractivity contribution in [1.82, 2.24) is 14.5 Å². The van der Waals surface area contributed by atoms with Crippen molar-refractivity contribution < 1.29 is 13.2 Å². The minimum Gasteiger partial charge on any atom is -0.350 e. The number of hydrogen-bond donors (Lipinski definition) is 1. The molecule has 1 N–H and O–H groups in total. The third-order valence-electron chi connectivity index (χ3n) is 4.39. The fraction of sp³-hybridized carbons (Fsp3) is 0.421. The number of carbonyl (C=O) groups is 1. The van der Waals surface area contributed by atoms with Crippen LogP contribution in [0.15, 0.2) is 46.7 Å². The number of benzene rings is 1. The fourth-order valence-electron chi connectivity index (χ4n) is 2.82. The largest absolute Gasteiger partial charge is 0.350 e. The summed E-state index contributed by atoms with van der Waals surface area (Å²) < 4.78 is 26.7. The smallest absolute Gasteiger partial charge is 0.251 e. The lowest BCUT2D eigenvalue weighted by Gasteiger charge is -2.23. The van der Waals surface area contributed by atoms with Crippen molar-refractivity contribution in [3.8, 4) is 0 Å². The second kappa shape index (κ2) is 9.45. The highest BCUT2D eigenvalue weighted by Crippen LogP contribution is 2.22. The lowest BCUT2D eigenvalue weighted by molar-refractivity contribution is 0.0942. The first-order chi connectivity index (χ1) is 12.8. The molecule has 0 aliphatic heterocycles. The number of amides is 1. The summed E-state index contributed by atoms with van der Waals surface area (Å²) in [6.07, 6.45) is 0. The first-order valence-electron chi connectivity index (χ1n) is 8.89. The van der Waals surface area contributed by atoms with Crippen LogP contribution < -0.4 is 5.32 Å². The Morgan fingerprint density at radius 2 is 1.85 bits per heavy atom. The SMILES string of the molecule is CCN(CC)S(=O)(=O)c1cccc(C(=O)NCC(c2cccs2)N(C)C)c1. The van der Waals surface area contributed by atoms with Gasteiger partial charge in [0, 0.05) is 30.1 Å². The lowest BCUT2D eigenvalue weighted by Crippen LogP contribution is -2.34. The first kappa shape index (κ1) is 21.6. The van der Waals surface area contributed by atoms with Crippen molar-refractivity contribution in [1.29, 1.82) is 0 Å². The molecule has 1 atom stereocenters. The predicted octanol–water partition coefficient (Wildman–Crippen LogP) is 2.81. The molecule has 1 heterocycles. The van der Waals surface area contributed by atoms with E-state index in [0.29, 0.717) is 25.2 Å². The quantitative estimate of drug-likeness (QED) is 0.691. The molecule has 148 valence electrons. The number of likely N-dealkylation sites (N-methyl/N-ethyl adjacent to an activating group) is 1. The number of nitrogens with one attached hydrogen (secondary N) is 1. The third kappa shape index (κ3) is 5.16. The number of carbonyl (C=O) groups excluding carboxylic acids is 1. The fourth-order valence-corrected chi connectivity index (χ4v) is 5.25. The highest BCUT2D eigenvalue weighted by molar-refractivity contribution is 7.89. The molecule has 2 aromatic rings. The number of nitrogens with zero attached hydrogens (tertiary/aromatic N) is 2. The van der Waals surface area contributed by atoms with Gasteiger partial charge >= 0.3 is 0 Å². The molecular weight excluding hydrogens is 382 g/mol.